The predicted molar refractivity (Wildman–Crippen MR) is 212 cm³/mol. The molecule has 2 unspecified atom stereocenters. The second-order valence-electron chi connectivity index (χ2n) is 12.5. The molecule has 1 aliphatic carbocycles. The third-order valence-electron chi connectivity index (χ3n) is 9.00. The van der Waals surface area contributed by atoms with Gasteiger partial charge in [0.15, 0.2) is 34.6 Å². The van der Waals surface area contributed by atoms with Crippen LogP contribution in [0.3, 0.4) is 0 Å². The number of nitrogens with one attached hydrogen (secondary N) is 4. The van der Waals surface area contributed by atoms with Gasteiger partial charge in [-0.2, -0.15) is 0 Å². The number of hydrogen-bond acceptors (Lipinski definition) is 14. The number of benzene rings is 4. The fourth-order valence-electron chi connectivity index (χ4n) is 6.36. The van der Waals surface area contributed by atoms with E-state index in [0.717, 1.165) is 11.1 Å². The Balaban J connectivity index is 0.00000673. The largest absolute Gasteiger partial charge is 0.493 e. The summed E-state index contributed by atoms with van der Waals surface area (Å²) < 4.78 is 32.5. The number of ketones is 2. The van der Waals surface area contributed by atoms with Gasteiger partial charge in [0.05, 0.1) is 66.0 Å². The first-order chi connectivity index (χ1) is 26.2. The summed E-state index contributed by atoms with van der Waals surface area (Å²) in [5, 5.41) is 34.5. The summed E-state index contributed by atoms with van der Waals surface area (Å²) >= 11 is 0. The van der Waals surface area contributed by atoms with Crippen molar-refractivity contribution in [1.29, 1.82) is 0 Å². The van der Waals surface area contributed by atoms with Gasteiger partial charge in [0.1, 0.15) is 0 Å². The van der Waals surface area contributed by atoms with Crippen molar-refractivity contribution in [1.82, 2.24) is 10.6 Å². The topological polar surface area (TPSA) is 178 Å². The van der Waals surface area contributed by atoms with Gasteiger partial charge in [-0.25, -0.2) is 0 Å². The maximum atomic E-state index is 13.9. The van der Waals surface area contributed by atoms with Crippen LogP contribution in [0.5, 0.6) is 34.5 Å². The van der Waals surface area contributed by atoms with Gasteiger partial charge in [-0.1, -0.05) is 24.3 Å². The smallest absolute Gasteiger partial charge is 0.203 e. The van der Waals surface area contributed by atoms with Crippen LogP contribution in [0.1, 0.15) is 43.0 Å². The molecule has 6 N–H and O–H groups in total. The van der Waals surface area contributed by atoms with Crippen LogP contribution < -0.4 is 49.7 Å². The lowest BCUT2D eigenvalue weighted by molar-refractivity contribution is 0.0980. The van der Waals surface area contributed by atoms with Crippen molar-refractivity contribution in [3.05, 3.63) is 94.0 Å². The van der Waals surface area contributed by atoms with Crippen LogP contribution in [-0.2, 0) is 13.1 Å². The maximum absolute atomic E-state index is 13.9. The minimum Gasteiger partial charge on any atom is -0.493 e. The molecular formula is C40H49ClN4O10. The van der Waals surface area contributed by atoms with Crippen LogP contribution in [0.25, 0.3) is 0 Å². The molecule has 1 aliphatic rings. The van der Waals surface area contributed by atoms with Gasteiger partial charge in [0, 0.05) is 61.8 Å². The fraction of sp³-hybridized carbons (Fsp3) is 0.350. The van der Waals surface area contributed by atoms with E-state index in [1.165, 1.54) is 14.2 Å². The second kappa shape index (κ2) is 19.9. The fourth-order valence-corrected chi connectivity index (χ4v) is 6.36. The Morgan fingerprint density at radius 2 is 0.873 bits per heavy atom. The molecule has 0 heterocycles. The van der Waals surface area contributed by atoms with Crippen molar-refractivity contribution in [3.8, 4) is 34.5 Å². The van der Waals surface area contributed by atoms with E-state index in [0.29, 0.717) is 70.1 Å². The zero-order valence-corrected chi connectivity index (χ0v) is 32.6. The average molecular weight is 781 g/mol. The summed E-state index contributed by atoms with van der Waals surface area (Å²) in [6.45, 7) is 1.49. The Labute approximate surface area is 326 Å². The van der Waals surface area contributed by atoms with Crippen LogP contribution >= 0.6 is 12.4 Å². The molecule has 0 fully saturated rings. The van der Waals surface area contributed by atoms with E-state index in [-0.39, 0.29) is 61.3 Å². The number of aliphatic hydroxyl groups is 2. The summed E-state index contributed by atoms with van der Waals surface area (Å²) in [4.78, 5) is 27.8. The molecule has 0 amide bonds. The first-order valence-electron chi connectivity index (χ1n) is 17.4. The Hall–Kier alpha value is -5.25. The van der Waals surface area contributed by atoms with E-state index in [2.05, 4.69) is 21.3 Å². The monoisotopic (exact) mass is 780 g/mol. The number of aliphatic hydroxyl groups excluding tert-OH is 2. The highest BCUT2D eigenvalue weighted by Gasteiger charge is 2.34. The van der Waals surface area contributed by atoms with E-state index in [1.807, 2.05) is 24.3 Å². The van der Waals surface area contributed by atoms with Gasteiger partial charge in [-0.15, -0.1) is 12.4 Å². The van der Waals surface area contributed by atoms with Crippen molar-refractivity contribution in [2.24, 2.45) is 0 Å². The molecule has 0 radical (unpaired) electrons. The first-order valence-corrected chi connectivity index (χ1v) is 17.4. The molecular weight excluding hydrogens is 732 g/mol. The van der Waals surface area contributed by atoms with Crippen molar-refractivity contribution >= 4 is 35.3 Å². The lowest BCUT2D eigenvalue weighted by Gasteiger charge is -2.25. The standard InChI is InChI=1S/C40H48N4O10.ClH/c1-49-31-13-23(14-32(50-2)39(31)53-5)17-41-19-25(45)21-43-29-11-12-30(36-35(29)37(47)27-9-7-8-10-28(27)38(36)48)44-22-26(46)20-42-18-24-15-33(51-3)40(54-6)34(16-24)52-4;/h7-16,25-26,41-46H,17-22H2,1-6H3;1H. The van der Waals surface area contributed by atoms with Gasteiger partial charge >= 0.3 is 0 Å². The summed E-state index contributed by atoms with van der Waals surface area (Å²) in [7, 11) is 9.27. The van der Waals surface area contributed by atoms with E-state index in [9.17, 15) is 19.8 Å². The molecule has 2 atom stereocenters. The summed E-state index contributed by atoms with van der Waals surface area (Å²) in [5.74, 6) is 2.46. The third-order valence-corrected chi connectivity index (χ3v) is 9.00. The molecule has 0 spiro atoms. The number of carbonyl (C=O) groups is 2. The highest BCUT2D eigenvalue weighted by Crippen LogP contribution is 2.40. The number of rotatable bonds is 20. The number of fused-ring (bicyclic) bond motifs is 2. The van der Waals surface area contributed by atoms with E-state index in [1.54, 1.807) is 64.8 Å². The number of carbonyl (C=O) groups excluding carboxylic acids is 2. The molecule has 15 heteroatoms. The van der Waals surface area contributed by atoms with Crippen molar-refractivity contribution < 1.29 is 48.2 Å². The molecule has 0 aliphatic heterocycles. The normalized spacial score (nSPS) is 12.7. The number of methoxy groups -OCH3 is 6. The van der Waals surface area contributed by atoms with E-state index in [4.69, 9.17) is 28.4 Å². The molecule has 14 nitrogen and oxygen atoms in total. The lowest BCUT2D eigenvalue weighted by Crippen LogP contribution is -2.33. The second-order valence-corrected chi connectivity index (χ2v) is 12.5. The Kier molecular flexibility index (Phi) is 15.4. The number of halogens is 1. The van der Waals surface area contributed by atoms with Crippen LogP contribution in [0.2, 0.25) is 0 Å². The van der Waals surface area contributed by atoms with E-state index < -0.39 is 12.2 Å². The maximum Gasteiger partial charge on any atom is 0.203 e. The van der Waals surface area contributed by atoms with E-state index >= 15 is 0 Å². The Morgan fingerprint density at radius 3 is 1.18 bits per heavy atom. The SMILES string of the molecule is COc1cc(CNCC(O)CNc2ccc(NCC(O)CNCc3cc(OC)c(OC)c(OC)c3)c3c2C(=O)c2ccccc2C3=O)cc(OC)c1OC.Cl. The molecule has 4 aromatic rings. The predicted octanol–water partition coefficient (Wildman–Crippen LogP) is 4.06. The van der Waals surface area contributed by atoms with Crippen LogP contribution in [0, 0.1) is 0 Å². The summed E-state index contributed by atoms with van der Waals surface area (Å²) in [6.07, 6.45) is -1.69. The van der Waals surface area contributed by atoms with Gasteiger partial charge in [-0.05, 0) is 47.5 Å². The number of ether oxygens (including phenoxy) is 6. The van der Waals surface area contributed by atoms with Crippen LogP contribution in [-0.4, -0.2) is 103 Å². The zero-order valence-electron chi connectivity index (χ0n) is 31.7. The van der Waals surface area contributed by atoms with Crippen LogP contribution in [0.4, 0.5) is 11.4 Å². The third kappa shape index (κ3) is 9.71. The molecule has 0 saturated carbocycles. The minimum absolute atomic E-state index is 0. The highest BCUT2D eigenvalue weighted by atomic mass is 35.5. The van der Waals surface area contributed by atoms with Gasteiger partial charge in [0.25, 0.3) is 0 Å². The molecule has 0 bridgehead atoms. The van der Waals surface area contributed by atoms with Crippen molar-refractivity contribution in [2.75, 3.05) is 79.5 Å². The molecule has 4 aromatic carbocycles. The van der Waals surface area contributed by atoms with Crippen LogP contribution in [0.15, 0.2) is 60.7 Å². The van der Waals surface area contributed by atoms with Gasteiger partial charge < -0.3 is 59.9 Å². The summed E-state index contributed by atoms with van der Waals surface area (Å²) in [6, 6.07) is 17.4. The molecule has 0 aromatic heterocycles. The molecule has 5 rings (SSSR count). The zero-order chi connectivity index (χ0) is 38.8. The lowest BCUT2D eigenvalue weighted by atomic mass is 9.82. The first kappa shape index (κ1) is 42.5. The molecule has 0 saturated heterocycles. The van der Waals surface area contributed by atoms with Crippen molar-refractivity contribution in [2.45, 2.75) is 25.3 Å². The molecule has 55 heavy (non-hydrogen) atoms. The summed E-state index contributed by atoms with van der Waals surface area (Å²) in [5.41, 5.74) is 3.58. The minimum atomic E-state index is -0.843. The highest BCUT2D eigenvalue weighted by molar-refractivity contribution is 6.31. The Bertz CT molecular complexity index is 1770. The quantitative estimate of drug-likeness (QED) is 0.0667. The van der Waals surface area contributed by atoms with Gasteiger partial charge in [0.2, 0.25) is 11.5 Å². The molecule has 296 valence electrons. The Morgan fingerprint density at radius 1 is 0.527 bits per heavy atom. The average Bonchev–Trinajstić information content (AvgIpc) is 3.20. The van der Waals surface area contributed by atoms with Crippen molar-refractivity contribution in [3.63, 3.8) is 0 Å². The number of anilines is 2. The van der Waals surface area contributed by atoms with Gasteiger partial charge in [-0.3, -0.25) is 9.59 Å². The number of hydrogen-bond donors (Lipinski definition) is 6.